The Hall–Kier alpha value is -4.19. The second-order valence-corrected chi connectivity index (χ2v) is 10.0. The van der Waals surface area contributed by atoms with Crippen LogP contribution in [0, 0.1) is 17.3 Å². The van der Waals surface area contributed by atoms with E-state index < -0.39 is 0 Å². The summed E-state index contributed by atoms with van der Waals surface area (Å²) in [7, 11) is 0. The number of rotatable bonds is 3. The minimum absolute atomic E-state index is 0.208. The molecule has 3 aromatic carbocycles. The zero-order valence-electron chi connectivity index (χ0n) is 20.7. The largest absolute Gasteiger partial charge is 0.488 e. The molecule has 38 heavy (non-hydrogen) atoms. The lowest BCUT2D eigenvalue weighted by Crippen LogP contribution is -2.40. The van der Waals surface area contributed by atoms with Crippen LogP contribution < -0.4 is 10.1 Å². The summed E-state index contributed by atoms with van der Waals surface area (Å²) in [5.41, 5.74) is 6.68. The summed E-state index contributed by atoms with van der Waals surface area (Å²) >= 11 is 0. The van der Waals surface area contributed by atoms with E-state index in [0.717, 1.165) is 71.6 Å². The fourth-order valence-corrected chi connectivity index (χ4v) is 6.08. The number of hydrogen-bond acceptors (Lipinski definition) is 6. The molecule has 1 N–H and O–H groups in total. The number of ether oxygens (including phenoxy) is 2. The maximum atomic E-state index is 14.1. The number of nitrogens with one attached hydrogen (secondary N) is 1. The van der Waals surface area contributed by atoms with Crippen LogP contribution in [0.1, 0.15) is 34.7 Å². The molecule has 2 atom stereocenters. The normalized spacial score (nSPS) is 21.7. The molecule has 8 heteroatoms. The molecule has 0 aliphatic carbocycles. The molecule has 7 rings (SSSR count). The number of benzene rings is 3. The highest BCUT2D eigenvalue weighted by Gasteiger charge is 2.36. The number of imidazole rings is 1. The van der Waals surface area contributed by atoms with Crippen molar-refractivity contribution in [3.05, 3.63) is 88.7 Å². The zero-order valence-corrected chi connectivity index (χ0v) is 20.7. The molecule has 2 fully saturated rings. The first-order valence-corrected chi connectivity index (χ1v) is 12.9. The van der Waals surface area contributed by atoms with Gasteiger partial charge in [0.2, 0.25) is 5.95 Å². The van der Waals surface area contributed by atoms with Crippen LogP contribution in [0.2, 0.25) is 0 Å². The van der Waals surface area contributed by atoms with Gasteiger partial charge in [0.25, 0.3) is 0 Å². The second kappa shape index (κ2) is 9.28. The lowest BCUT2D eigenvalue weighted by atomic mass is 9.92. The van der Waals surface area contributed by atoms with Gasteiger partial charge in [-0.15, -0.1) is 0 Å². The SMILES string of the molecule is N#CNc1nc2cc(/C=C3\c4ccccc4COc4cc(F)ccc43)ccc2n1[C@H]1C[C@H]2COCCN2C1. The Kier molecular flexibility index (Phi) is 5.61. The van der Waals surface area contributed by atoms with Gasteiger partial charge in [0.15, 0.2) is 6.19 Å². The van der Waals surface area contributed by atoms with Crippen LogP contribution in [0.4, 0.5) is 10.3 Å². The van der Waals surface area contributed by atoms with E-state index in [1.54, 1.807) is 6.07 Å². The van der Waals surface area contributed by atoms with Crippen molar-refractivity contribution >= 4 is 28.6 Å². The average molecular weight is 508 g/mol. The molecule has 0 amide bonds. The molecule has 0 saturated carbocycles. The van der Waals surface area contributed by atoms with Gasteiger partial charge in [-0.1, -0.05) is 30.3 Å². The fraction of sp³-hybridized carbons (Fsp3) is 0.267. The van der Waals surface area contributed by atoms with Gasteiger partial charge in [-0.2, -0.15) is 5.26 Å². The Bertz CT molecular complexity index is 1610. The van der Waals surface area contributed by atoms with Gasteiger partial charge in [-0.05, 0) is 59.0 Å². The lowest BCUT2D eigenvalue weighted by Gasteiger charge is -2.28. The van der Waals surface area contributed by atoms with Crippen LogP contribution in [0.25, 0.3) is 22.7 Å². The van der Waals surface area contributed by atoms with Gasteiger partial charge >= 0.3 is 0 Å². The molecular formula is C30H26FN5O2. The summed E-state index contributed by atoms with van der Waals surface area (Å²) < 4.78 is 27.9. The van der Waals surface area contributed by atoms with Crippen LogP contribution in [0.15, 0.2) is 60.7 Å². The van der Waals surface area contributed by atoms with Crippen molar-refractivity contribution in [2.45, 2.75) is 25.1 Å². The Morgan fingerprint density at radius 3 is 2.89 bits per heavy atom. The number of nitriles is 1. The van der Waals surface area contributed by atoms with Crippen LogP contribution in [0.5, 0.6) is 5.75 Å². The molecule has 190 valence electrons. The predicted octanol–water partition coefficient (Wildman–Crippen LogP) is 5.20. The van der Waals surface area contributed by atoms with Crippen molar-refractivity contribution in [1.29, 1.82) is 5.26 Å². The first-order chi connectivity index (χ1) is 18.7. The Morgan fingerprint density at radius 2 is 2.00 bits per heavy atom. The molecule has 4 heterocycles. The molecule has 7 nitrogen and oxygen atoms in total. The molecule has 0 bridgehead atoms. The van der Waals surface area contributed by atoms with Crippen LogP contribution in [-0.2, 0) is 11.3 Å². The van der Waals surface area contributed by atoms with Gasteiger partial charge < -0.3 is 14.0 Å². The summed E-state index contributed by atoms with van der Waals surface area (Å²) in [5.74, 6) is 0.764. The number of anilines is 1. The van der Waals surface area contributed by atoms with E-state index in [1.807, 2.05) is 24.3 Å². The number of fused-ring (bicyclic) bond motifs is 4. The Labute approximate surface area is 219 Å². The van der Waals surface area contributed by atoms with Crippen molar-refractivity contribution in [2.75, 3.05) is 31.6 Å². The molecule has 2 saturated heterocycles. The molecule has 0 radical (unpaired) electrons. The smallest absolute Gasteiger partial charge is 0.217 e. The first-order valence-electron chi connectivity index (χ1n) is 12.9. The summed E-state index contributed by atoms with van der Waals surface area (Å²) in [5, 5.41) is 12.2. The van der Waals surface area contributed by atoms with E-state index in [4.69, 9.17) is 14.5 Å². The van der Waals surface area contributed by atoms with Crippen LogP contribution in [0.3, 0.4) is 0 Å². The van der Waals surface area contributed by atoms with E-state index in [0.29, 0.717) is 24.3 Å². The summed E-state index contributed by atoms with van der Waals surface area (Å²) in [6.45, 7) is 3.73. The fourth-order valence-electron chi connectivity index (χ4n) is 6.08. The van der Waals surface area contributed by atoms with Gasteiger partial charge in [0.1, 0.15) is 18.2 Å². The topological polar surface area (TPSA) is 75.3 Å². The molecule has 3 aliphatic rings. The lowest BCUT2D eigenvalue weighted by molar-refractivity contribution is 0.0128. The van der Waals surface area contributed by atoms with Crippen molar-refractivity contribution in [1.82, 2.24) is 14.5 Å². The van der Waals surface area contributed by atoms with E-state index >= 15 is 0 Å². The van der Waals surface area contributed by atoms with E-state index in [-0.39, 0.29) is 11.9 Å². The van der Waals surface area contributed by atoms with E-state index in [2.05, 4.69) is 45.3 Å². The predicted molar refractivity (Wildman–Crippen MR) is 143 cm³/mol. The van der Waals surface area contributed by atoms with Crippen molar-refractivity contribution in [2.24, 2.45) is 0 Å². The molecule has 0 unspecified atom stereocenters. The Morgan fingerprint density at radius 1 is 1.08 bits per heavy atom. The number of halogens is 1. The summed E-state index contributed by atoms with van der Waals surface area (Å²) in [6.07, 6.45) is 5.12. The molecular weight excluding hydrogens is 481 g/mol. The Balaban J connectivity index is 1.33. The maximum Gasteiger partial charge on any atom is 0.217 e. The zero-order chi connectivity index (χ0) is 25.6. The minimum atomic E-state index is -0.326. The van der Waals surface area contributed by atoms with E-state index in [1.165, 1.54) is 12.1 Å². The van der Waals surface area contributed by atoms with Crippen LogP contribution in [-0.4, -0.2) is 46.8 Å². The molecule has 0 spiro atoms. The number of nitrogens with zero attached hydrogens (tertiary/aromatic N) is 4. The van der Waals surface area contributed by atoms with Crippen molar-refractivity contribution in [3.63, 3.8) is 0 Å². The molecule has 4 aromatic rings. The van der Waals surface area contributed by atoms with E-state index in [9.17, 15) is 9.65 Å². The highest BCUT2D eigenvalue weighted by Crippen LogP contribution is 2.39. The highest BCUT2D eigenvalue weighted by atomic mass is 19.1. The first kappa shape index (κ1) is 23.0. The van der Waals surface area contributed by atoms with Gasteiger partial charge in [0.05, 0.1) is 30.3 Å². The maximum absolute atomic E-state index is 14.1. The number of hydrogen-bond donors (Lipinski definition) is 1. The van der Waals surface area contributed by atoms with Gasteiger partial charge in [-0.3, -0.25) is 10.2 Å². The monoisotopic (exact) mass is 507 g/mol. The molecule has 3 aliphatic heterocycles. The van der Waals surface area contributed by atoms with Crippen molar-refractivity contribution in [3.8, 4) is 11.9 Å². The third-order valence-corrected chi connectivity index (χ3v) is 7.82. The molecule has 1 aromatic heterocycles. The number of morpholine rings is 1. The standard InChI is InChI=1S/C30H26FN5O2/c31-21-6-7-25-26(24-4-2-1-3-20(24)16-38-29(25)13-21)11-19-5-8-28-27(12-19)34-30(33-18-32)36(28)22-14-23-17-37-10-9-35(23)15-22/h1-8,11-13,22-23H,9-10,14-17H2,(H,33,34)/b26-11+/t22-,23-/m0/s1. The summed E-state index contributed by atoms with van der Waals surface area (Å²) in [6, 6.07) is 19.6. The minimum Gasteiger partial charge on any atom is -0.488 e. The second-order valence-electron chi connectivity index (χ2n) is 10.0. The van der Waals surface area contributed by atoms with Crippen LogP contribution >= 0.6 is 0 Å². The third-order valence-electron chi connectivity index (χ3n) is 7.82. The number of aromatic nitrogens is 2. The van der Waals surface area contributed by atoms with Gasteiger partial charge in [0, 0.05) is 30.8 Å². The quantitative estimate of drug-likeness (QED) is 0.304. The highest BCUT2D eigenvalue weighted by molar-refractivity contribution is 5.96. The third kappa shape index (κ3) is 3.92. The summed E-state index contributed by atoms with van der Waals surface area (Å²) in [4.78, 5) is 7.29. The van der Waals surface area contributed by atoms with Crippen molar-refractivity contribution < 1.29 is 13.9 Å². The van der Waals surface area contributed by atoms with Gasteiger partial charge in [-0.25, -0.2) is 9.37 Å². The average Bonchev–Trinajstić information content (AvgIpc) is 3.47.